The fraction of sp³-hybridized carbons (Fsp3) is 0.267. The third kappa shape index (κ3) is 2.18. The van der Waals surface area contributed by atoms with Crippen LogP contribution in [0.1, 0.15) is 40.4 Å². The van der Waals surface area contributed by atoms with E-state index in [0.717, 1.165) is 24.8 Å². The minimum Gasteiger partial charge on any atom is -0.345 e. The van der Waals surface area contributed by atoms with Gasteiger partial charge in [-0.1, -0.05) is 24.3 Å². The summed E-state index contributed by atoms with van der Waals surface area (Å²) in [7, 11) is 0. The summed E-state index contributed by atoms with van der Waals surface area (Å²) < 4.78 is 0. The Bertz CT molecular complexity index is 547. The predicted octanol–water partition coefficient (Wildman–Crippen LogP) is 3.56. The van der Waals surface area contributed by atoms with Crippen LogP contribution in [0.2, 0.25) is 0 Å². The molecule has 1 aliphatic carbocycles. The number of hydrogen-bond acceptors (Lipinski definition) is 2. The van der Waals surface area contributed by atoms with Crippen LogP contribution in [0.15, 0.2) is 41.1 Å². The number of carbonyl (C=O) groups excluding carboxylic acids is 1. The topological polar surface area (TPSA) is 29.1 Å². The highest BCUT2D eigenvalue weighted by Gasteiger charge is 2.21. The van der Waals surface area contributed by atoms with E-state index in [0.29, 0.717) is 0 Å². The average molecular weight is 257 g/mol. The predicted molar refractivity (Wildman–Crippen MR) is 73.9 cm³/mol. The maximum Gasteiger partial charge on any atom is 0.252 e. The third-order valence-corrected chi connectivity index (χ3v) is 4.14. The van der Waals surface area contributed by atoms with Crippen molar-refractivity contribution in [2.45, 2.75) is 25.3 Å². The molecule has 2 aromatic rings. The maximum atomic E-state index is 12.1. The molecule has 3 heteroatoms. The van der Waals surface area contributed by atoms with Crippen LogP contribution in [0.3, 0.4) is 0 Å². The second kappa shape index (κ2) is 4.94. The molecule has 0 saturated carbocycles. The third-order valence-electron chi connectivity index (χ3n) is 3.46. The SMILES string of the molecule is O=C(N[C@H]1CCCc2ccccc21)c1ccsc1. The molecular weight excluding hydrogens is 242 g/mol. The van der Waals surface area contributed by atoms with Gasteiger partial charge in [-0.05, 0) is 41.8 Å². The molecule has 0 bridgehead atoms. The molecule has 0 radical (unpaired) electrons. The summed E-state index contributed by atoms with van der Waals surface area (Å²) in [6.45, 7) is 0. The molecule has 0 aliphatic heterocycles. The maximum absolute atomic E-state index is 12.1. The number of aryl methyl sites for hydroxylation is 1. The lowest BCUT2D eigenvalue weighted by Gasteiger charge is -2.26. The molecule has 0 unspecified atom stereocenters. The molecule has 2 nitrogen and oxygen atoms in total. The summed E-state index contributed by atoms with van der Waals surface area (Å²) in [5, 5.41) is 6.97. The number of amides is 1. The van der Waals surface area contributed by atoms with Crippen molar-refractivity contribution in [2.24, 2.45) is 0 Å². The Morgan fingerprint density at radius 1 is 1.28 bits per heavy atom. The summed E-state index contributed by atoms with van der Waals surface area (Å²) >= 11 is 1.55. The average Bonchev–Trinajstić information content (AvgIpc) is 2.93. The van der Waals surface area contributed by atoms with Crippen molar-refractivity contribution >= 4 is 17.2 Å². The number of rotatable bonds is 2. The van der Waals surface area contributed by atoms with Crippen LogP contribution in [0.25, 0.3) is 0 Å². The van der Waals surface area contributed by atoms with E-state index in [1.807, 2.05) is 22.9 Å². The number of thiophene rings is 1. The zero-order valence-corrected chi connectivity index (χ0v) is 10.9. The van der Waals surface area contributed by atoms with Crippen LogP contribution in [-0.2, 0) is 6.42 Å². The van der Waals surface area contributed by atoms with E-state index < -0.39 is 0 Å². The van der Waals surface area contributed by atoms with Gasteiger partial charge in [-0.15, -0.1) is 0 Å². The molecule has 1 N–H and O–H groups in total. The number of nitrogens with one attached hydrogen (secondary N) is 1. The summed E-state index contributed by atoms with van der Waals surface area (Å²) in [4.78, 5) is 12.1. The zero-order valence-electron chi connectivity index (χ0n) is 10.1. The van der Waals surface area contributed by atoms with Crippen molar-refractivity contribution in [1.82, 2.24) is 5.32 Å². The zero-order chi connectivity index (χ0) is 12.4. The molecule has 0 fully saturated rings. The first-order valence-electron chi connectivity index (χ1n) is 6.25. The smallest absolute Gasteiger partial charge is 0.252 e. The van der Waals surface area contributed by atoms with Gasteiger partial charge in [0.05, 0.1) is 11.6 Å². The molecule has 1 atom stereocenters. The van der Waals surface area contributed by atoms with Gasteiger partial charge in [0.2, 0.25) is 0 Å². The molecule has 18 heavy (non-hydrogen) atoms. The first-order valence-corrected chi connectivity index (χ1v) is 7.20. The lowest BCUT2D eigenvalue weighted by Crippen LogP contribution is -2.30. The van der Waals surface area contributed by atoms with Crippen LogP contribution < -0.4 is 5.32 Å². The Morgan fingerprint density at radius 2 is 2.17 bits per heavy atom. The van der Waals surface area contributed by atoms with Crippen LogP contribution >= 0.6 is 11.3 Å². The summed E-state index contributed by atoms with van der Waals surface area (Å²) in [6, 6.07) is 10.5. The Kier molecular flexibility index (Phi) is 3.15. The minimum atomic E-state index is 0.0398. The second-order valence-corrected chi connectivity index (χ2v) is 5.41. The molecule has 3 rings (SSSR count). The fourth-order valence-corrected chi connectivity index (χ4v) is 3.18. The number of hydrogen-bond donors (Lipinski definition) is 1. The van der Waals surface area contributed by atoms with Gasteiger partial charge in [0.1, 0.15) is 0 Å². The summed E-state index contributed by atoms with van der Waals surface area (Å²) in [5.74, 6) is 0.0398. The number of carbonyl (C=O) groups is 1. The Morgan fingerprint density at radius 3 is 3.00 bits per heavy atom. The molecule has 1 aliphatic rings. The van der Waals surface area contributed by atoms with E-state index in [2.05, 4.69) is 23.5 Å². The largest absolute Gasteiger partial charge is 0.345 e. The van der Waals surface area contributed by atoms with Gasteiger partial charge < -0.3 is 5.32 Å². The standard InChI is InChI=1S/C15H15NOS/c17-15(12-8-9-18-10-12)16-14-7-3-5-11-4-1-2-6-13(11)14/h1-2,4,6,8-10,14H,3,5,7H2,(H,16,17)/t14-/m0/s1. The molecular formula is C15H15NOS. The van der Waals surface area contributed by atoms with Gasteiger partial charge in [-0.3, -0.25) is 4.79 Å². The van der Waals surface area contributed by atoms with Crippen LogP contribution in [-0.4, -0.2) is 5.91 Å². The first kappa shape index (κ1) is 11.5. The number of fused-ring (bicyclic) bond motifs is 1. The Hall–Kier alpha value is -1.61. The van der Waals surface area contributed by atoms with E-state index in [4.69, 9.17) is 0 Å². The lowest BCUT2D eigenvalue weighted by molar-refractivity contribution is 0.0933. The van der Waals surface area contributed by atoms with Crippen molar-refractivity contribution in [3.63, 3.8) is 0 Å². The highest BCUT2D eigenvalue weighted by molar-refractivity contribution is 7.08. The van der Waals surface area contributed by atoms with Gasteiger partial charge in [0.15, 0.2) is 0 Å². The molecule has 1 amide bonds. The summed E-state index contributed by atoms with van der Waals surface area (Å²) in [6.07, 6.45) is 3.31. The van der Waals surface area contributed by atoms with Crippen LogP contribution in [0.4, 0.5) is 0 Å². The molecule has 1 aromatic carbocycles. The quantitative estimate of drug-likeness (QED) is 0.875. The van der Waals surface area contributed by atoms with Crippen molar-refractivity contribution in [2.75, 3.05) is 0 Å². The van der Waals surface area contributed by atoms with E-state index in [1.54, 1.807) is 11.3 Å². The Labute approximate surface area is 111 Å². The van der Waals surface area contributed by atoms with Gasteiger partial charge in [0.25, 0.3) is 5.91 Å². The lowest BCUT2D eigenvalue weighted by atomic mass is 9.87. The molecule has 1 heterocycles. The monoisotopic (exact) mass is 257 g/mol. The normalized spacial score (nSPS) is 18.1. The van der Waals surface area contributed by atoms with E-state index >= 15 is 0 Å². The first-order chi connectivity index (χ1) is 8.84. The van der Waals surface area contributed by atoms with E-state index in [9.17, 15) is 4.79 Å². The fourth-order valence-electron chi connectivity index (χ4n) is 2.54. The summed E-state index contributed by atoms with van der Waals surface area (Å²) in [5.41, 5.74) is 3.43. The van der Waals surface area contributed by atoms with E-state index in [1.165, 1.54) is 11.1 Å². The molecule has 92 valence electrons. The highest BCUT2D eigenvalue weighted by atomic mass is 32.1. The van der Waals surface area contributed by atoms with Crippen molar-refractivity contribution < 1.29 is 4.79 Å². The highest BCUT2D eigenvalue weighted by Crippen LogP contribution is 2.29. The van der Waals surface area contributed by atoms with Crippen molar-refractivity contribution in [3.8, 4) is 0 Å². The Balaban J connectivity index is 1.80. The second-order valence-electron chi connectivity index (χ2n) is 4.63. The van der Waals surface area contributed by atoms with Crippen molar-refractivity contribution in [1.29, 1.82) is 0 Å². The van der Waals surface area contributed by atoms with Gasteiger partial charge in [0, 0.05) is 5.38 Å². The number of benzene rings is 1. The van der Waals surface area contributed by atoms with Crippen LogP contribution in [0.5, 0.6) is 0 Å². The van der Waals surface area contributed by atoms with E-state index in [-0.39, 0.29) is 11.9 Å². The molecule has 1 aromatic heterocycles. The van der Waals surface area contributed by atoms with Gasteiger partial charge in [-0.25, -0.2) is 0 Å². The van der Waals surface area contributed by atoms with Gasteiger partial charge >= 0.3 is 0 Å². The molecule has 0 saturated heterocycles. The van der Waals surface area contributed by atoms with Crippen molar-refractivity contribution in [3.05, 3.63) is 57.8 Å². The minimum absolute atomic E-state index is 0.0398. The van der Waals surface area contributed by atoms with Crippen LogP contribution in [0, 0.1) is 0 Å². The molecule has 0 spiro atoms. The van der Waals surface area contributed by atoms with Gasteiger partial charge in [-0.2, -0.15) is 11.3 Å².